The van der Waals surface area contributed by atoms with Gasteiger partial charge in [-0.05, 0) is 12.8 Å². The van der Waals surface area contributed by atoms with Crippen LogP contribution in [0.25, 0.3) is 0 Å². The first kappa shape index (κ1) is 12.9. The molecule has 0 aliphatic carbocycles. The fourth-order valence-corrected chi connectivity index (χ4v) is 1.55. The van der Waals surface area contributed by atoms with Gasteiger partial charge in [-0.3, -0.25) is 9.59 Å². The Balaban J connectivity index is 2.25. The summed E-state index contributed by atoms with van der Waals surface area (Å²) in [7, 11) is 1.42. The van der Waals surface area contributed by atoms with Crippen LogP contribution in [0.2, 0.25) is 0 Å². The largest absolute Gasteiger partial charge is 0.481 e. The van der Waals surface area contributed by atoms with Crippen LogP contribution >= 0.6 is 0 Å². The third-order valence-electron chi connectivity index (χ3n) is 2.46. The van der Waals surface area contributed by atoms with Gasteiger partial charge in [0.2, 0.25) is 5.91 Å². The number of carbonyl (C=O) groups is 2. The number of ether oxygens (including phenoxy) is 2. The second-order valence-corrected chi connectivity index (χ2v) is 3.70. The minimum Gasteiger partial charge on any atom is -0.481 e. The lowest BCUT2D eigenvalue weighted by Crippen LogP contribution is -2.40. The van der Waals surface area contributed by atoms with Gasteiger partial charge < -0.3 is 19.9 Å². The van der Waals surface area contributed by atoms with E-state index in [1.807, 2.05) is 0 Å². The Labute approximate surface area is 93.9 Å². The molecule has 2 atom stereocenters. The number of rotatable bonds is 6. The number of carboxylic acid groups (broad SMARTS) is 1. The summed E-state index contributed by atoms with van der Waals surface area (Å²) in [4.78, 5) is 22.0. The smallest absolute Gasteiger partial charge is 0.306 e. The highest BCUT2D eigenvalue weighted by atomic mass is 16.5. The van der Waals surface area contributed by atoms with E-state index in [4.69, 9.17) is 14.6 Å². The van der Waals surface area contributed by atoms with E-state index < -0.39 is 12.1 Å². The van der Waals surface area contributed by atoms with E-state index in [1.54, 1.807) is 0 Å². The maximum absolute atomic E-state index is 11.5. The van der Waals surface area contributed by atoms with E-state index in [0.717, 1.165) is 12.8 Å². The summed E-state index contributed by atoms with van der Waals surface area (Å²) in [5.41, 5.74) is 0. The fourth-order valence-electron chi connectivity index (χ4n) is 1.55. The topological polar surface area (TPSA) is 84.9 Å². The molecule has 1 aliphatic heterocycles. The molecule has 6 nitrogen and oxygen atoms in total. The number of carboxylic acids is 1. The maximum atomic E-state index is 11.5. The SMILES string of the molecule is COC(CNC(=O)C1CCCO1)CC(=O)O. The molecule has 0 bridgehead atoms. The van der Waals surface area contributed by atoms with Crippen LogP contribution in [0.4, 0.5) is 0 Å². The molecule has 0 radical (unpaired) electrons. The van der Waals surface area contributed by atoms with Crippen molar-refractivity contribution in [3.8, 4) is 0 Å². The van der Waals surface area contributed by atoms with E-state index >= 15 is 0 Å². The summed E-state index contributed by atoms with van der Waals surface area (Å²) in [6.07, 6.45) is 0.608. The van der Waals surface area contributed by atoms with Gasteiger partial charge in [0.05, 0.1) is 12.5 Å². The van der Waals surface area contributed by atoms with Gasteiger partial charge in [-0.1, -0.05) is 0 Å². The zero-order chi connectivity index (χ0) is 12.0. The van der Waals surface area contributed by atoms with Crippen LogP contribution in [-0.2, 0) is 19.1 Å². The summed E-state index contributed by atoms with van der Waals surface area (Å²) < 4.78 is 10.1. The predicted molar refractivity (Wildman–Crippen MR) is 55.0 cm³/mol. The third kappa shape index (κ3) is 4.16. The second kappa shape index (κ2) is 6.44. The Morgan fingerprint density at radius 1 is 1.62 bits per heavy atom. The lowest BCUT2D eigenvalue weighted by molar-refractivity contribution is -0.140. The predicted octanol–water partition coefficient (Wildman–Crippen LogP) is -0.229. The number of hydrogen-bond acceptors (Lipinski definition) is 4. The van der Waals surface area contributed by atoms with Crippen LogP contribution in [0.3, 0.4) is 0 Å². The molecule has 16 heavy (non-hydrogen) atoms. The average Bonchev–Trinajstić information content (AvgIpc) is 2.76. The minimum atomic E-state index is -0.946. The molecule has 92 valence electrons. The van der Waals surface area contributed by atoms with Gasteiger partial charge in [-0.25, -0.2) is 0 Å². The summed E-state index contributed by atoms with van der Waals surface area (Å²) in [6.45, 7) is 0.808. The molecular formula is C10H17NO5. The summed E-state index contributed by atoms with van der Waals surface area (Å²) in [6, 6.07) is 0. The zero-order valence-electron chi connectivity index (χ0n) is 9.27. The fraction of sp³-hybridized carbons (Fsp3) is 0.800. The highest BCUT2D eigenvalue weighted by molar-refractivity contribution is 5.81. The first-order chi connectivity index (χ1) is 7.63. The van der Waals surface area contributed by atoms with Gasteiger partial charge in [0, 0.05) is 20.3 Å². The Hall–Kier alpha value is -1.14. The van der Waals surface area contributed by atoms with E-state index in [1.165, 1.54) is 7.11 Å². The average molecular weight is 231 g/mol. The van der Waals surface area contributed by atoms with Crippen molar-refractivity contribution >= 4 is 11.9 Å². The van der Waals surface area contributed by atoms with Crippen molar-refractivity contribution in [3.05, 3.63) is 0 Å². The lowest BCUT2D eigenvalue weighted by atomic mass is 10.2. The highest BCUT2D eigenvalue weighted by Gasteiger charge is 2.24. The van der Waals surface area contributed by atoms with Gasteiger partial charge in [0.15, 0.2) is 0 Å². The summed E-state index contributed by atoms with van der Waals surface area (Å²) in [5.74, 6) is -1.14. The van der Waals surface area contributed by atoms with E-state index in [0.29, 0.717) is 6.61 Å². The van der Waals surface area contributed by atoms with Crippen LogP contribution in [0.1, 0.15) is 19.3 Å². The molecule has 0 aromatic rings. The number of amides is 1. The van der Waals surface area contributed by atoms with E-state index in [9.17, 15) is 9.59 Å². The number of hydrogen-bond donors (Lipinski definition) is 2. The molecule has 2 N–H and O–H groups in total. The number of aliphatic carboxylic acids is 1. The second-order valence-electron chi connectivity index (χ2n) is 3.70. The van der Waals surface area contributed by atoms with Crippen molar-refractivity contribution < 1.29 is 24.2 Å². The van der Waals surface area contributed by atoms with Gasteiger partial charge in [0.1, 0.15) is 6.10 Å². The third-order valence-corrected chi connectivity index (χ3v) is 2.46. The molecule has 0 spiro atoms. The van der Waals surface area contributed by atoms with Crippen LogP contribution in [0.15, 0.2) is 0 Å². The molecule has 0 saturated carbocycles. The standard InChI is InChI=1S/C10H17NO5/c1-15-7(5-9(12)13)6-11-10(14)8-3-2-4-16-8/h7-8H,2-6H2,1H3,(H,11,14)(H,12,13). The van der Waals surface area contributed by atoms with Crippen molar-refractivity contribution in [2.75, 3.05) is 20.3 Å². The van der Waals surface area contributed by atoms with Crippen LogP contribution in [-0.4, -0.2) is 49.5 Å². The molecule has 0 aromatic carbocycles. The molecule has 2 unspecified atom stereocenters. The molecule has 1 aliphatic rings. The van der Waals surface area contributed by atoms with Crippen molar-refractivity contribution in [1.82, 2.24) is 5.32 Å². The zero-order valence-corrected chi connectivity index (χ0v) is 9.27. The lowest BCUT2D eigenvalue weighted by Gasteiger charge is -2.15. The molecule has 0 aromatic heterocycles. The quantitative estimate of drug-likeness (QED) is 0.659. The van der Waals surface area contributed by atoms with Gasteiger partial charge >= 0.3 is 5.97 Å². The Morgan fingerprint density at radius 3 is 2.88 bits per heavy atom. The molecule has 1 fully saturated rings. The first-order valence-corrected chi connectivity index (χ1v) is 5.27. The Kier molecular flexibility index (Phi) is 5.21. The molecule has 1 amide bonds. The molecule has 1 saturated heterocycles. The van der Waals surface area contributed by atoms with Crippen molar-refractivity contribution in [2.24, 2.45) is 0 Å². The van der Waals surface area contributed by atoms with Gasteiger partial charge in [-0.2, -0.15) is 0 Å². The van der Waals surface area contributed by atoms with Crippen LogP contribution in [0, 0.1) is 0 Å². The molecule has 1 heterocycles. The Bertz CT molecular complexity index is 250. The number of methoxy groups -OCH3 is 1. The number of carbonyl (C=O) groups excluding carboxylic acids is 1. The normalized spacial score (nSPS) is 21.7. The Morgan fingerprint density at radius 2 is 2.38 bits per heavy atom. The molecule has 1 rings (SSSR count). The monoisotopic (exact) mass is 231 g/mol. The maximum Gasteiger partial charge on any atom is 0.306 e. The van der Waals surface area contributed by atoms with Crippen LogP contribution in [0.5, 0.6) is 0 Å². The van der Waals surface area contributed by atoms with Crippen LogP contribution < -0.4 is 5.32 Å². The van der Waals surface area contributed by atoms with Gasteiger partial charge in [0.25, 0.3) is 0 Å². The summed E-state index contributed by atoms with van der Waals surface area (Å²) in [5, 5.41) is 11.2. The minimum absolute atomic E-state index is 0.123. The van der Waals surface area contributed by atoms with Crippen molar-refractivity contribution in [2.45, 2.75) is 31.5 Å². The van der Waals surface area contributed by atoms with E-state index in [-0.39, 0.29) is 25.0 Å². The van der Waals surface area contributed by atoms with Crippen molar-refractivity contribution in [3.63, 3.8) is 0 Å². The molecule has 6 heteroatoms. The van der Waals surface area contributed by atoms with E-state index in [2.05, 4.69) is 5.32 Å². The summed E-state index contributed by atoms with van der Waals surface area (Å²) >= 11 is 0. The number of nitrogens with one attached hydrogen (secondary N) is 1. The van der Waals surface area contributed by atoms with Gasteiger partial charge in [-0.15, -0.1) is 0 Å². The van der Waals surface area contributed by atoms with Crippen molar-refractivity contribution in [1.29, 1.82) is 0 Å². The molecular weight excluding hydrogens is 214 g/mol. The first-order valence-electron chi connectivity index (χ1n) is 5.27. The highest BCUT2D eigenvalue weighted by Crippen LogP contribution is 2.11.